The van der Waals surface area contributed by atoms with Crippen molar-refractivity contribution in [3.63, 3.8) is 0 Å². The second kappa shape index (κ2) is 9.33. The van der Waals surface area contributed by atoms with Crippen LogP contribution in [0.2, 0.25) is 0 Å². The molecule has 4 rings (SSSR count). The molecule has 0 saturated heterocycles. The van der Waals surface area contributed by atoms with Gasteiger partial charge in [-0.25, -0.2) is 19.6 Å². The van der Waals surface area contributed by atoms with Crippen LogP contribution >= 0.6 is 0 Å². The Morgan fingerprint density at radius 3 is 2.72 bits per heavy atom. The first-order valence-corrected chi connectivity index (χ1v) is 10.2. The summed E-state index contributed by atoms with van der Waals surface area (Å²) in [5, 5.41) is 18.8. The molecule has 164 valence electrons. The molecule has 32 heavy (non-hydrogen) atoms. The Labute approximate surface area is 185 Å². The highest BCUT2D eigenvalue weighted by molar-refractivity contribution is 5.95. The third-order valence-corrected chi connectivity index (χ3v) is 4.89. The maximum atomic E-state index is 12.6. The largest absolute Gasteiger partial charge is 0.378 e. The van der Waals surface area contributed by atoms with E-state index in [1.54, 1.807) is 29.1 Å². The average Bonchev–Trinajstić information content (AvgIpc) is 3.43. The third-order valence-electron chi connectivity index (χ3n) is 4.89. The quantitative estimate of drug-likeness (QED) is 0.433. The first-order valence-electron chi connectivity index (χ1n) is 10.2. The molecule has 0 atom stereocenters. The van der Waals surface area contributed by atoms with E-state index in [1.165, 1.54) is 12.7 Å². The van der Waals surface area contributed by atoms with Gasteiger partial charge in [-0.15, -0.1) is 10.2 Å². The number of benzene rings is 1. The molecule has 0 aliphatic rings. The van der Waals surface area contributed by atoms with Gasteiger partial charge in [0.05, 0.1) is 13.1 Å². The van der Waals surface area contributed by atoms with Gasteiger partial charge in [-0.3, -0.25) is 4.79 Å². The highest BCUT2D eigenvalue weighted by atomic mass is 16.1. The maximum Gasteiger partial charge on any atom is 0.251 e. The first-order chi connectivity index (χ1) is 15.5. The Morgan fingerprint density at radius 2 is 1.94 bits per heavy atom. The summed E-state index contributed by atoms with van der Waals surface area (Å²) in [5.41, 5.74) is 2.05. The maximum absolute atomic E-state index is 12.6. The van der Waals surface area contributed by atoms with Crippen LogP contribution < -0.4 is 10.6 Å². The number of carbonyl (C=O) groups is 1. The van der Waals surface area contributed by atoms with E-state index in [-0.39, 0.29) is 11.9 Å². The zero-order valence-electron chi connectivity index (χ0n) is 18.1. The van der Waals surface area contributed by atoms with Gasteiger partial charge in [-0.1, -0.05) is 6.07 Å². The van der Waals surface area contributed by atoms with Crippen molar-refractivity contribution in [1.82, 2.24) is 44.8 Å². The number of hydrogen-bond donors (Lipinski definition) is 2. The predicted octanol–water partition coefficient (Wildman–Crippen LogP) is 1.99. The van der Waals surface area contributed by atoms with Gasteiger partial charge in [0.25, 0.3) is 5.91 Å². The van der Waals surface area contributed by atoms with Crippen LogP contribution in [0.5, 0.6) is 0 Å². The lowest BCUT2D eigenvalue weighted by atomic mass is 10.2. The second-order valence-electron chi connectivity index (χ2n) is 7.43. The van der Waals surface area contributed by atoms with E-state index in [1.807, 2.05) is 37.6 Å². The van der Waals surface area contributed by atoms with Gasteiger partial charge in [0.2, 0.25) is 0 Å². The molecule has 1 amide bonds. The molecule has 11 nitrogen and oxygen atoms in total. The summed E-state index contributed by atoms with van der Waals surface area (Å²) in [5.74, 6) is 1.93. The number of nitrogens with one attached hydrogen (secondary N) is 2. The number of amides is 1. The highest BCUT2D eigenvalue weighted by Crippen LogP contribution is 2.16. The van der Waals surface area contributed by atoms with Gasteiger partial charge in [0, 0.05) is 30.5 Å². The summed E-state index contributed by atoms with van der Waals surface area (Å²) in [4.78, 5) is 25.0. The minimum absolute atomic E-state index is 0.174. The van der Waals surface area contributed by atoms with Crippen LogP contribution in [0.4, 0.5) is 5.69 Å². The summed E-state index contributed by atoms with van der Waals surface area (Å²) < 4.78 is 3.66. The molecule has 0 spiro atoms. The predicted molar refractivity (Wildman–Crippen MR) is 117 cm³/mol. The van der Waals surface area contributed by atoms with E-state index < -0.39 is 0 Å². The smallest absolute Gasteiger partial charge is 0.251 e. The SMILES string of the molecule is CC(C)n1ncnc1CNC(=O)c1cccc(NCc2nnc(-c3ccncn3)n2C)c1. The van der Waals surface area contributed by atoms with E-state index in [2.05, 4.69) is 40.9 Å². The number of anilines is 1. The lowest BCUT2D eigenvalue weighted by molar-refractivity contribution is 0.0949. The highest BCUT2D eigenvalue weighted by Gasteiger charge is 2.13. The Hall–Kier alpha value is -4.15. The van der Waals surface area contributed by atoms with Gasteiger partial charge in [0.1, 0.15) is 24.2 Å². The van der Waals surface area contributed by atoms with Crippen molar-refractivity contribution in [2.24, 2.45) is 7.05 Å². The monoisotopic (exact) mass is 432 g/mol. The van der Waals surface area contributed by atoms with Crippen LogP contribution in [-0.4, -0.2) is 45.4 Å². The molecule has 0 unspecified atom stereocenters. The molecule has 0 fully saturated rings. The number of rotatable bonds is 8. The van der Waals surface area contributed by atoms with E-state index in [4.69, 9.17) is 0 Å². The van der Waals surface area contributed by atoms with Crippen molar-refractivity contribution in [3.8, 4) is 11.5 Å². The van der Waals surface area contributed by atoms with E-state index in [0.29, 0.717) is 36.0 Å². The van der Waals surface area contributed by atoms with Gasteiger partial charge in [-0.2, -0.15) is 5.10 Å². The van der Waals surface area contributed by atoms with Crippen LogP contribution in [0.1, 0.15) is 41.9 Å². The summed E-state index contributed by atoms with van der Waals surface area (Å²) in [6.45, 7) is 4.78. The molecular weight excluding hydrogens is 408 g/mol. The molecule has 2 N–H and O–H groups in total. The Morgan fingerprint density at radius 1 is 1.06 bits per heavy atom. The minimum Gasteiger partial charge on any atom is -0.378 e. The molecule has 3 heterocycles. The molecule has 0 radical (unpaired) electrons. The van der Waals surface area contributed by atoms with Crippen molar-refractivity contribution < 1.29 is 4.79 Å². The Balaban J connectivity index is 1.39. The van der Waals surface area contributed by atoms with Crippen molar-refractivity contribution in [2.75, 3.05) is 5.32 Å². The summed E-state index contributed by atoms with van der Waals surface area (Å²) in [7, 11) is 1.88. The summed E-state index contributed by atoms with van der Waals surface area (Å²) in [6, 6.07) is 9.25. The molecule has 0 saturated carbocycles. The molecule has 0 aliphatic carbocycles. The van der Waals surface area contributed by atoms with Crippen molar-refractivity contribution in [1.29, 1.82) is 0 Å². The third kappa shape index (κ3) is 4.61. The van der Waals surface area contributed by atoms with Crippen LogP contribution in [0.25, 0.3) is 11.5 Å². The second-order valence-corrected chi connectivity index (χ2v) is 7.43. The Kier molecular flexibility index (Phi) is 6.15. The van der Waals surface area contributed by atoms with Crippen molar-refractivity contribution in [2.45, 2.75) is 33.0 Å². The van der Waals surface area contributed by atoms with Crippen LogP contribution in [0.3, 0.4) is 0 Å². The molecule has 4 aromatic rings. The van der Waals surface area contributed by atoms with Gasteiger partial charge < -0.3 is 15.2 Å². The zero-order chi connectivity index (χ0) is 22.5. The van der Waals surface area contributed by atoms with Crippen LogP contribution in [0, 0.1) is 0 Å². The van der Waals surface area contributed by atoms with Gasteiger partial charge in [0.15, 0.2) is 11.6 Å². The van der Waals surface area contributed by atoms with E-state index in [9.17, 15) is 4.79 Å². The normalized spacial score (nSPS) is 11.0. The number of nitrogens with zero attached hydrogens (tertiary/aromatic N) is 8. The molecule has 0 bridgehead atoms. The number of carbonyl (C=O) groups excluding carboxylic acids is 1. The summed E-state index contributed by atoms with van der Waals surface area (Å²) in [6.07, 6.45) is 4.64. The van der Waals surface area contributed by atoms with Crippen molar-refractivity contribution >= 4 is 11.6 Å². The van der Waals surface area contributed by atoms with Gasteiger partial charge >= 0.3 is 0 Å². The average molecular weight is 432 g/mol. The van der Waals surface area contributed by atoms with Crippen LogP contribution in [0.15, 0.2) is 49.2 Å². The lowest BCUT2D eigenvalue weighted by Gasteiger charge is -2.11. The number of aromatic nitrogens is 8. The number of hydrogen-bond acceptors (Lipinski definition) is 8. The zero-order valence-corrected chi connectivity index (χ0v) is 18.1. The van der Waals surface area contributed by atoms with Crippen LogP contribution in [-0.2, 0) is 20.1 Å². The molecule has 0 aliphatic heterocycles. The summed E-state index contributed by atoms with van der Waals surface area (Å²) >= 11 is 0. The topological polar surface area (TPSA) is 128 Å². The molecule has 3 aromatic heterocycles. The van der Waals surface area contributed by atoms with Crippen molar-refractivity contribution in [3.05, 3.63) is 66.4 Å². The molecule has 11 heteroatoms. The van der Waals surface area contributed by atoms with E-state index >= 15 is 0 Å². The standard InChI is InChI=1S/C21H24N10O/c1-14(2)31-18(26-13-27-31)10-24-21(32)15-5-4-6-16(9-15)23-11-19-28-29-20(30(19)3)17-7-8-22-12-25-17/h4-9,12-14,23H,10-11H2,1-3H3,(H,24,32). The fourth-order valence-electron chi connectivity index (χ4n) is 3.21. The first kappa shape index (κ1) is 21.1. The molecule has 1 aromatic carbocycles. The molecular formula is C21H24N10O. The Bertz CT molecular complexity index is 1200. The van der Waals surface area contributed by atoms with E-state index in [0.717, 1.165) is 11.5 Å². The fourth-order valence-corrected chi connectivity index (χ4v) is 3.21. The minimum atomic E-state index is -0.184. The lowest BCUT2D eigenvalue weighted by Crippen LogP contribution is -2.25. The van der Waals surface area contributed by atoms with Gasteiger partial charge in [-0.05, 0) is 38.1 Å². The fraction of sp³-hybridized carbons (Fsp3) is 0.286.